The van der Waals surface area contributed by atoms with Crippen LogP contribution in [0.5, 0.6) is 0 Å². The molecule has 0 atom stereocenters. The second-order valence-corrected chi connectivity index (χ2v) is 6.28. The summed E-state index contributed by atoms with van der Waals surface area (Å²) in [5, 5.41) is 8.36. The number of carbonyl (C=O) groups is 3. The second kappa shape index (κ2) is 7.69. The van der Waals surface area contributed by atoms with Gasteiger partial charge in [-0.3, -0.25) is 14.4 Å². The van der Waals surface area contributed by atoms with Crippen molar-refractivity contribution in [3.05, 3.63) is 35.0 Å². The summed E-state index contributed by atoms with van der Waals surface area (Å²) in [6.45, 7) is 8.25. The summed E-state index contributed by atoms with van der Waals surface area (Å²) in [4.78, 5) is 40.5. The van der Waals surface area contributed by atoms with E-state index in [0.29, 0.717) is 17.1 Å². The fraction of sp³-hybridized carbons (Fsp3) is 0.471. The fourth-order valence-electron chi connectivity index (χ4n) is 2.57. The zero-order valence-electron chi connectivity index (χ0n) is 14.4. The van der Waals surface area contributed by atoms with E-state index < -0.39 is 0 Å². The fourth-order valence-corrected chi connectivity index (χ4v) is 2.57. The molecule has 4 aliphatic rings. The van der Waals surface area contributed by atoms with E-state index in [2.05, 4.69) is 0 Å². The molecule has 4 rings (SSSR count). The number of hydrogen-bond acceptors (Lipinski definition) is 7. The molecular weight excluding hydrogens is 401 g/mol. The predicted molar refractivity (Wildman–Crippen MR) is 86.9 cm³/mol. The first kappa shape index (κ1) is 19.6. The van der Waals surface area contributed by atoms with Crippen molar-refractivity contribution in [1.82, 2.24) is 14.7 Å². The van der Waals surface area contributed by atoms with Crippen molar-refractivity contribution in [3.8, 4) is 0 Å². The van der Waals surface area contributed by atoms with Gasteiger partial charge in [0.15, 0.2) is 5.78 Å². The molecule has 1 aliphatic carbocycles. The van der Waals surface area contributed by atoms with Gasteiger partial charge in [0.1, 0.15) is 11.4 Å². The van der Waals surface area contributed by atoms with Gasteiger partial charge in [0.25, 0.3) is 0 Å². The van der Waals surface area contributed by atoms with Gasteiger partial charge in [-0.05, 0) is 13.8 Å². The van der Waals surface area contributed by atoms with E-state index >= 15 is 0 Å². The maximum atomic E-state index is 12.4. The Balaban J connectivity index is 0.000000246. The molecule has 132 valence electrons. The van der Waals surface area contributed by atoms with Gasteiger partial charge >= 0.3 is 0 Å². The Kier molecular flexibility index (Phi) is 6.04. The number of Topliss-reactive ketones (excluding diaryl/α,β-unsaturated/α-hetero) is 1. The Morgan fingerprint density at radius 1 is 0.960 bits per heavy atom. The maximum Gasteiger partial charge on any atom is 0.227 e. The molecule has 1 N–H and O–H groups in total. The van der Waals surface area contributed by atoms with Crippen LogP contribution in [0.2, 0.25) is 0 Å². The van der Waals surface area contributed by atoms with Gasteiger partial charge < -0.3 is 19.8 Å². The van der Waals surface area contributed by atoms with Crippen LogP contribution in [-0.2, 0) is 40.6 Å². The zero-order chi connectivity index (χ0) is 17.4. The maximum absolute atomic E-state index is 12.4. The first-order valence-corrected chi connectivity index (χ1v) is 8.06. The Morgan fingerprint density at radius 2 is 1.44 bits per heavy atom. The van der Waals surface area contributed by atoms with Gasteiger partial charge in [0.2, 0.25) is 11.6 Å². The molecule has 0 saturated carbocycles. The van der Waals surface area contributed by atoms with Crippen molar-refractivity contribution in [2.24, 2.45) is 0 Å². The SMILES string of the molecule is CC(=O)/C=C(/C)O.O=C1C=C(N2CC2)C(=O)C(N2CC2)=C1N1CC1.[Zr]. The summed E-state index contributed by atoms with van der Waals surface area (Å²) >= 11 is 0. The third-order valence-electron chi connectivity index (χ3n) is 3.90. The first-order chi connectivity index (χ1) is 11.4. The average molecular weight is 423 g/mol. The normalized spacial score (nSPS) is 21.3. The van der Waals surface area contributed by atoms with E-state index in [4.69, 9.17) is 5.11 Å². The molecule has 0 bridgehead atoms. The van der Waals surface area contributed by atoms with Crippen LogP contribution >= 0.6 is 0 Å². The van der Waals surface area contributed by atoms with Crippen LogP contribution in [0.25, 0.3) is 0 Å². The molecule has 0 unspecified atom stereocenters. The quantitative estimate of drug-likeness (QED) is 0.300. The number of hydrogen-bond donors (Lipinski definition) is 1. The van der Waals surface area contributed by atoms with Crippen molar-refractivity contribution in [1.29, 1.82) is 0 Å². The van der Waals surface area contributed by atoms with E-state index in [0.717, 1.165) is 39.3 Å². The third kappa shape index (κ3) is 4.91. The summed E-state index contributed by atoms with van der Waals surface area (Å²) in [6.07, 6.45) is 2.69. The number of allylic oxidation sites excluding steroid dienone is 3. The molecule has 3 aliphatic heterocycles. The minimum atomic E-state index is -0.125. The molecule has 0 aromatic heterocycles. The van der Waals surface area contributed by atoms with Crippen LogP contribution in [0, 0.1) is 0 Å². The van der Waals surface area contributed by atoms with Crippen LogP contribution in [0.4, 0.5) is 0 Å². The number of aliphatic hydroxyl groups is 1. The van der Waals surface area contributed by atoms with Gasteiger partial charge in [-0.1, -0.05) is 0 Å². The Bertz CT molecular complexity index is 695. The van der Waals surface area contributed by atoms with Crippen LogP contribution in [0.15, 0.2) is 35.0 Å². The molecule has 0 aromatic rings. The molecular formula is C17H21N3O4Zr. The van der Waals surface area contributed by atoms with Crippen LogP contribution < -0.4 is 0 Å². The minimum Gasteiger partial charge on any atom is -0.512 e. The summed E-state index contributed by atoms with van der Waals surface area (Å²) in [7, 11) is 0. The van der Waals surface area contributed by atoms with Crippen molar-refractivity contribution in [2.45, 2.75) is 13.8 Å². The number of carbonyl (C=O) groups excluding carboxylic acids is 3. The zero-order valence-corrected chi connectivity index (χ0v) is 16.9. The van der Waals surface area contributed by atoms with E-state index in [1.807, 2.05) is 14.7 Å². The molecule has 0 spiro atoms. The smallest absolute Gasteiger partial charge is 0.227 e. The first-order valence-electron chi connectivity index (χ1n) is 8.06. The molecule has 0 amide bonds. The molecule has 8 heteroatoms. The third-order valence-corrected chi connectivity index (χ3v) is 3.90. The molecule has 25 heavy (non-hydrogen) atoms. The summed E-state index contributed by atoms with van der Waals surface area (Å²) in [5.41, 5.74) is 1.89. The largest absolute Gasteiger partial charge is 0.512 e. The molecule has 0 aromatic carbocycles. The van der Waals surface area contributed by atoms with Crippen LogP contribution in [0.3, 0.4) is 0 Å². The summed E-state index contributed by atoms with van der Waals surface area (Å²) in [5.74, 6) is -0.0140. The van der Waals surface area contributed by atoms with Crippen LogP contribution in [0.1, 0.15) is 13.8 Å². The van der Waals surface area contributed by atoms with E-state index in [1.165, 1.54) is 26.0 Å². The topological polar surface area (TPSA) is 80.5 Å². The Morgan fingerprint density at radius 3 is 1.80 bits per heavy atom. The van der Waals surface area contributed by atoms with Gasteiger partial charge in [-0.25, -0.2) is 0 Å². The number of nitrogens with zero attached hydrogens (tertiary/aromatic N) is 3. The van der Waals surface area contributed by atoms with E-state index in [9.17, 15) is 14.4 Å². The second-order valence-electron chi connectivity index (χ2n) is 6.28. The molecule has 3 heterocycles. The number of aliphatic hydroxyl groups excluding tert-OH is 1. The Hall–Kier alpha value is -1.69. The number of ketones is 3. The van der Waals surface area contributed by atoms with Gasteiger partial charge in [0, 0.05) is 77.6 Å². The molecule has 0 radical (unpaired) electrons. The van der Waals surface area contributed by atoms with Crippen molar-refractivity contribution in [2.75, 3.05) is 39.3 Å². The van der Waals surface area contributed by atoms with Gasteiger partial charge in [0.05, 0.1) is 11.5 Å². The number of rotatable bonds is 4. The molecule has 3 saturated heterocycles. The molecule has 7 nitrogen and oxygen atoms in total. The standard InChI is InChI=1S/C12H13N3O2.C5H8O2.Zr/c16-9-7-8(13-1-2-13)12(17)11(15-5-6-15)10(9)14-3-4-14;1-4(6)3-5(2)7;/h7H,1-6H2;3,6H,1-2H3;/b;4-3-;. The van der Waals surface area contributed by atoms with Gasteiger partial charge in [-0.2, -0.15) is 0 Å². The van der Waals surface area contributed by atoms with E-state index in [1.54, 1.807) is 0 Å². The van der Waals surface area contributed by atoms with Crippen molar-refractivity contribution in [3.63, 3.8) is 0 Å². The van der Waals surface area contributed by atoms with Crippen molar-refractivity contribution >= 4 is 17.3 Å². The Labute approximate surface area is 165 Å². The minimum absolute atomic E-state index is 0. The van der Waals surface area contributed by atoms with E-state index in [-0.39, 0.29) is 49.3 Å². The summed E-state index contributed by atoms with van der Waals surface area (Å²) in [6, 6.07) is 0. The predicted octanol–water partition coefficient (Wildman–Crippen LogP) is 0.215. The monoisotopic (exact) mass is 421 g/mol. The molecule has 3 fully saturated rings. The average Bonchev–Trinajstić information content (AvgIpc) is 3.36. The van der Waals surface area contributed by atoms with Gasteiger partial charge in [-0.15, -0.1) is 0 Å². The summed E-state index contributed by atoms with van der Waals surface area (Å²) < 4.78 is 0. The van der Waals surface area contributed by atoms with Crippen LogP contribution in [-0.4, -0.2) is 76.4 Å². The van der Waals surface area contributed by atoms with Crippen molar-refractivity contribution < 1.29 is 45.7 Å².